The molecule has 0 N–H and O–H groups in total. The third-order valence-corrected chi connectivity index (χ3v) is 3.27. The van der Waals surface area contributed by atoms with Crippen LogP contribution in [0.15, 0.2) is 30.6 Å². The number of nitrogens with zero attached hydrogens (tertiary/aromatic N) is 3. The highest BCUT2D eigenvalue weighted by Crippen LogP contribution is 2.22. The highest BCUT2D eigenvalue weighted by Gasteiger charge is 2.33. The van der Waals surface area contributed by atoms with Gasteiger partial charge in [-0.2, -0.15) is 5.10 Å². The molecule has 1 saturated heterocycles. The van der Waals surface area contributed by atoms with E-state index in [1.165, 1.54) is 0 Å². The van der Waals surface area contributed by atoms with Crippen LogP contribution < -0.4 is 5.46 Å². The first-order valence-electron chi connectivity index (χ1n) is 6.73. The summed E-state index contributed by atoms with van der Waals surface area (Å²) in [7, 11) is 1.56. The van der Waals surface area contributed by atoms with Crippen LogP contribution in [0.1, 0.15) is 13.8 Å². The van der Waals surface area contributed by atoms with Crippen LogP contribution in [-0.2, 0) is 16.4 Å². The molecule has 2 aromatic rings. The van der Waals surface area contributed by atoms with Gasteiger partial charge in [0.25, 0.3) is 0 Å². The average molecular weight is 271 g/mol. The molecule has 0 aliphatic carbocycles. The zero-order chi connectivity index (χ0) is 14.2. The monoisotopic (exact) mass is 271 g/mol. The Labute approximate surface area is 119 Å². The lowest BCUT2D eigenvalue weighted by Gasteiger charge is -2.33. The Hall–Kier alpha value is -1.66. The molecule has 0 radical (unpaired) electrons. The standard InChI is InChI=1S/C14H18BN3O2/c1-14(2)8-19-15(20-9-14)12-6-4-5-11(7-12)13-16-10-18(3)17-13/h4-7,10H,8-9H2,1-3H3. The highest BCUT2D eigenvalue weighted by atomic mass is 16.6. The predicted octanol–water partition coefficient (Wildman–Crippen LogP) is 1.25. The molecule has 0 spiro atoms. The normalized spacial score (nSPS) is 18.2. The van der Waals surface area contributed by atoms with E-state index in [0.29, 0.717) is 19.0 Å². The summed E-state index contributed by atoms with van der Waals surface area (Å²) in [6.07, 6.45) is 1.69. The van der Waals surface area contributed by atoms with E-state index in [4.69, 9.17) is 9.31 Å². The first-order chi connectivity index (χ1) is 9.53. The van der Waals surface area contributed by atoms with Crippen molar-refractivity contribution in [1.82, 2.24) is 14.8 Å². The molecule has 6 heteroatoms. The molecule has 1 aliphatic heterocycles. The Morgan fingerprint density at radius 3 is 2.65 bits per heavy atom. The smallest absolute Gasteiger partial charge is 0.407 e. The Kier molecular flexibility index (Phi) is 3.35. The summed E-state index contributed by atoms with van der Waals surface area (Å²) in [6.45, 7) is 5.67. The first-order valence-corrected chi connectivity index (χ1v) is 6.73. The van der Waals surface area contributed by atoms with Crippen LogP contribution in [0.5, 0.6) is 0 Å². The maximum absolute atomic E-state index is 5.81. The van der Waals surface area contributed by atoms with Crippen LogP contribution in [0.4, 0.5) is 0 Å². The minimum absolute atomic E-state index is 0.0800. The van der Waals surface area contributed by atoms with Crippen LogP contribution in [0.3, 0.4) is 0 Å². The van der Waals surface area contributed by atoms with E-state index in [1.807, 2.05) is 31.3 Å². The van der Waals surface area contributed by atoms with Crippen molar-refractivity contribution in [3.63, 3.8) is 0 Å². The van der Waals surface area contributed by atoms with Gasteiger partial charge in [-0.3, -0.25) is 4.68 Å². The molecule has 0 saturated carbocycles. The van der Waals surface area contributed by atoms with E-state index in [1.54, 1.807) is 11.0 Å². The van der Waals surface area contributed by atoms with E-state index < -0.39 is 0 Å². The zero-order valence-electron chi connectivity index (χ0n) is 12.0. The van der Waals surface area contributed by atoms with Crippen LogP contribution in [-0.4, -0.2) is 35.1 Å². The molecule has 3 rings (SSSR count). The third-order valence-electron chi connectivity index (χ3n) is 3.27. The second kappa shape index (κ2) is 5.03. The molecule has 104 valence electrons. The van der Waals surface area contributed by atoms with Crippen LogP contribution >= 0.6 is 0 Å². The molecule has 0 atom stereocenters. The Morgan fingerprint density at radius 1 is 1.25 bits per heavy atom. The molecule has 0 unspecified atom stereocenters. The summed E-state index contributed by atoms with van der Waals surface area (Å²) in [5, 5.41) is 4.31. The maximum Gasteiger partial charge on any atom is 0.493 e. The molecular weight excluding hydrogens is 253 g/mol. The van der Waals surface area contributed by atoms with Crippen molar-refractivity contribution in [2.45, 2.75) is 13.8 Å². The van der Waals surface area contributed by atoms with E-state index >= 15 is 0 Å². The average Bonchev–Trinajstić information content (AvgIpc) is 2.86. The summed E-state index contributed by atoms with van der Waals surface area (Å²) in [4.78, 5) is 4.27. The largest absolute Gasteiger partial charge is 0.493 e. The number of aryl methyl sites for hydroxylation is 1. The van der Waals surface area contributed by atoms with Crippen molar-refractivity contribution < 1.29 is 9.31 Å². The Bertz CT molecular complexity index is 602. The minimum atomic E-state index is -0.299. The SMILES string of the molecule is Cn1cnc(-c2cccc(B3OCC(C)(C)CO3)c2)n1. The van der Waals surface area contributed by atoms with Crippen molar-refractivity contribution in [3.8, 4) is 11.4 Å². The van der Waals surface area contributed by atoms with Crippen molar-refractivity contribution in [2.24, 2.45) is 12.5 Å². The number of hydrogen-bond acceptors (Lipinski definition) is 4. The Morgan fingerprint density at radius 2 is 2.00 bits per heavy atom. The van der Waals surface area contributed by atoms with Crippen LogP contribution in [0, 0.1) is 5.41 Å². The number of hydrogen-bond donors (Lipinski definition) is 0. The van der Waals surface area contributed by atoms with Crippen molar-refractivity contribution >= 4 is 12.6 Å². The zero-order valence-corrected chi connectivity index (χ0v) is 12.0. The summed E-state index contributed by atoms with van der Waals surface area (Å²) in [5.41, 5.74) is 2.06. The van der Waals surface area contributed by atoms with Gasteiger partial charge in [-0.1, -0.05) is 38.1 Å². The fourth-order valence-corrected chi connectivity index (χ4v) is 2.18. The molecule has 1 aromatic heterocycles. The molecule has 20 heavy (non-hydrogen) atoms. The van der Waals surface area contributed by atoms with Gasteiger partial charge in [0.15, 0.2) is 5.82 Å². The van der Waals surface area contributed by atoms with E-state index in [0.717, 1.165) is 11.0 Å². The summed E-state index contributed by atoms with van der Waals surface area (Å²) in [6, 6.07) is 8.01. The lowest BCUT2D eigenvalue weighted by atomic mass is 9.75. The lowest BCUT2D eigenvalue weighted by molar-refractivity contribution is 0.0343. The number of aromatic nitrogens is 3. The quantitative estimate of drug-likeness (QED) is 0.771. The second-order valence-electron chi connectivity index (χ2n) is 5.99. The van der Waals surface area contributed by atoms with Gasteiger partial charge < -0.3 is 9.31 Å². The Balaban J connectivity index is 1.81. The number of rotatable bonds is 2. The first kappa shape index (κ1) is 13.3. The summed E-state index contributed by atoms with van der Waals surface area (Å²) < 4.78 is 13.3. The number of benzene rings is 1. The van der Waals surface area contributed by atoms with Crippen molar-refractivity contribution in [1.29, 1.82) is 0 Å². The van der Waals surface area contributed by atoms with E-state index in [2.05, 4.69) is 23.9 Å². The van der Waals surface area contributed by atoms with Gasteiger partial charge in [0, 0.05) is 31.2 Å². The lowest BCUT2D eigenvalue weighted by Crippen LogP contribution is -2.47. The molecule has 1 aromatic carbocycles. The molecule has 1 fully saturated rings. The third kappa shape index (κ3) is 2.76. The van der Waals surface area contributed by atoms with Gasteiger partial charge >= 0.3 is 7.12 Å². The fourth-order valence-electron chi connectivity index (χ4n) is 2.18. The molecule has 2 heterocycles. The highest BCUT2D eigenvalue weighted by molar-refractivity contribution is 6.61. The molecule has 0 bridgehead atoms. The van der Waals surface area contributed by atoms with Gasteiger partial charge in [0.1, 0.15) is 6.33 Å². The van der Waals surface area contributed by atoms with Gasteiger partial charge in [0.2, 0.25) is 0 Å². The van der Waals surface area contributed by atoms with Gasteiger partial charge in [0.05, 0.1) is 0 Å². The topological polar surface area (TPSA) is 49.2 Å². The van der Waals surface area contributed by atoms with Gasteiger partial charge in [-0.15, -0.1) is 0 Å². The van der Waals surface area contributed by atoms with Gasteiger partial charge in [-0.25, -0.2) is 4.98 Å². The molecule has 0 amide bonds. The minimum Gasteiger partial charge on any atom is -0.407 e. The van der Waals surface area contributed by atoms with Crippen molar-refractivity contribution in [2.75, 3.05) is 13.2 Å². The molecule has 5 nitrogen and oxygen atoms in total. The van der Waals surface area contributed by atoms with Crippen molar-refractivity contribution in [3.05, 3.63) is 30.6 Å². The summed E-state index contributed by atoms with van der Waals surface area (Å²) >= 11 is 0. The predicted molar refractivity (Wildman–Crippen MR) is 77.5 cm³/mol. The summed E-state index contributed by atoms with van der Waals surface area (Å²) in [5.74, 6) is 0.713. The maximum atomic E-state index is 5.81. The van der Waals surface area contributed by atoms with Crippen LogP contribution in [0.25, 0.3) is 11.4 Å². The second-order valence-corrected chi connectivity index (χ2v) is 5.99. The van der Waals surface area contributed by atoms with E-state index in [9.17, 15) is 0 Å². The molecular formula is C14H18BN3O2. The fraction of sp³-hybridized carbons (Fsp3) is 0.429. The van der Waals surface area contributed by atoms with Crippen LogP contribution in [0.2, 0.25) is 0 Å². The molecule has 1 aliphatic rings. The van der Waals surface area contributed by atoms with E-state index in [-0.39, 0.29) is 12.5 Å². The van der Waals surface area contributed by atoms with Gasteiger partial charge in [-0.05, 0) is 5.46 Å².